The van der Waals surface area contributed by atoms with Gasteiger partial charge in [-0.05, 0) is 74.3 Å². The number of aliphatic carboxylic acids is 1. The van der Waals surface area contributed by atoms with E-state index in [1.54, 1.807) is 18.2 Å². The fraction of sp³-hybridized carbons (Fsp3) is 0.480. The molecule has 0 spiro atoms. The molecule has 0 bridgehead atoms. The third-order valence-corrected chi connectivity index (χ3v) is 6.10. The Kier molecular flexibility index (Phi) is 7.98. The molecule has 1 unspecified atom stereocenters. The van der Waals surface area contributed by atoms with Crippen molar-refractivity contribution in [3.63, 3.8) is 0 Å². The van der Waals surface area contributed by atoms with Crippen molar-refractivity contribution in [2.75, 3.05) is 13.2 Å². The van der Waals surface area contributed by atoms with E-state index >= 15 is 0 Å². The Morgan fingerprint density at radius 1 is 1.23 bits per heavy atom. The quantitative estimate of drug-likeness (QED) is 0.481. The second kappa shape index (κ2) is 10.5. The molecule has 0 aliphatic heterocycles. The van der Waals surface area contributed by atoms with Crippen molar-refractivity contribution in [3.05, 3.63) is 64.2 Å². The second-order valence-corrected chi connectivity index (χ2v) is 9.54. The van der Waals surface area contributed by atoms with Gasteiger partial charge in [0.25, 0.3) is 0 Å². The van der Waals surface area contributed by atoms with E-state index in [0.717, 1.165) is 24.8 Å². The molecule has 3 N–H and O–H groups in total. The summed E-state index contributed by atoms with van der Waals surface area (Å²) >= 11 is 6.24. The Morgan fingerprint density at radius 3 is 2.52 bits per heavy atom. The van der Waals surface area contributed by atoms with E-state index in [1.807, 2.05) is 0 Å². The van der Waals surface area contributed by atoms with Crippen LogP contribution < -0.4 is 10.1 Å². The number of fused-ring (bicyclic) bond motifs is 1. The summed E-state index contributed by atoms with van der Waals surface area (Å²) < 4.78 is 5.68. The maximum absolute atomic E-state index is 10.7. The molecule has 2 aromatic rings. The van der Waals surface area contributed by atoms with E-state index in [-0.39, 0.29) is 18.6 Å². The van der Waals surface area contributed by atoms with Crippen molar-refractivity contribution in [2.24, 2.45) is 5.92 Å². The molecule has 0 saturated carbocycles. The first kappa shape index (κ1) is 23.6. The fourth-order valence-corrected chi connectivity index (χ4v) is 4.55. The Morgan fingerprint density at radius 2 is 1.90 bits per heavy atom. The van der Waals surface area contributed by atoms with Crippen LogP contribution >= 0.6 is 11.6 Å². The van der Waals surface area contributed by atoms with Gasteiger partial charge in [0.2, 0.25) is 0 Å². The minimum atomic E-state index is -0.840. The van der Waals surface area contributed by atoms with E-state index in [1.165, 1.54) is 11.1 Å². The van der Waals surface area contributed by atoms with Gasteiger partial charge in [-0.2, -0.15) is 0 Å². The highest BCUT2D eigenvalue weighted by Gasteiger charge is 2.28. The maximum Gasteiger partial charge on any atom is 0.303 e. The number of aryl methyl sites for hydroxylation is 1. The number of rotatable bonds is 11. The van der Waals surface area contributed by atoms with Crippen molar-refractivity contribution in [2.45, 2.75) is 57.6 Å². The molecule has 2 aromatic carbocycles. The Balaban J connectivity index is 1.41. The number of benzene rings is 2. The van der Waals surface area contributed by atoms with Gasteiger partial charge in [0.05, 0.1) is 5.02 Å². The Hall–Kier alpha value is -2.08. The van der Waals surface area contributed by atoms with Crippen LogP contribution in [0.5, 0.6) is 5.75 Å². The largest absolute Gasteiger partial charge is 0.489 e. The first-order valence-electron chi connectivity index (χ1n) is 10.8. The monoisotopic (exact) mass is 445 g/mol. The average molecular weight is 446 g/mol. The molecule has 0 amide bonds. The van der Waals surface area contributed by atoms with Crippen LogP contribution in [0.1, 0.15) is 43.4 Å². The maximum atomic E-state index is 10.7. The molecule has 3 rings (SSSR count). The molecular formula is C25H32ClNO4. The van der Waals surface area contributed by atoms with Crippen molar-refractivity contribution in [3.8, 4) is 5.75 Å². The summed E-state index contributed by atoms with van der Waals surface area (Å²) in [7, 11) is 0. The standard InChI is InChI=1S/C25H32ClNO4/c1-25(2,14-18-11-19-5-3-4-6-20(19)12-18)27-15-21(28)16-31-23-9-7-17(13-22(23)26)8-10-24(29)30/h3-7,9,13,18,21,27-28H,8,10-12,14-16H2,1-2H3,(H,29,30). The molecule has 1 atom stereocenters. The molecule has 0 radical (unpaired) electrons. The topological polar surface area (TPSA) is 78.8 Å². The summed E-state index contributed by atoms with van der Waals surface area (Å²) in [6.45, 7) is 4.92. The highest BCUT2D eigenvalue weighted by Crippen LogP contribution is 2.32. The van der Waals surface area contributed by atoms with Crippen LogP contribution in [0.4, 0.5) is 0 Å². The molecule has 0 heterocycles. The van der Waals surface area contributed by atoms with Gasteiger partial charge in [0.1, 0.15) is 18.5 Å². The van der Waals surface area contributed by atoms with Gasteiger partial charge in [-0.3, -0.25) is 4.79 Å². The van der Waals surface area contributed by atoms with E-state index in [4.69, 9.17) is 21.4 Å². The van der Waals surface area contributed by atoms with Crippen molar-refractivity contribution < 1.29 is 19.7 Å². The molecular weight excluding hydrogens is 414 g/mol. The zero-order valence-corrected chi connectivity index (χ0v) is 19.0. The van der Waals surface area contributed by atoms with Gasteiger partial charge in [-0.25, -0.2) is 0 Å². The lowest BCUT2D eigenvalue weighted by atomic mass is 9.88. The molecule has 1 aliphatic rings. The van der Waals surface area contributed by atoms with Gasteiger partial charge in [0.15, 0.2) is 0 Å². The summed E-state index contributed by atoms with van der Waals surface area (Å²) in [6, 6.07) is 13.9. The third-order valence-electron chi connectivity index (χ3n) is 5.81. The Labute approximate surface area is 189 Å². The summed E-state index contributed by atoms with van der Waals surface area (Å²) in [6.07, 6.45) is 3.09. The number of hydrogen-bond acceptors (Lipinski definition) is 4. The summed E-state index contributed by atoms with van der Waals surface area (Å²) in [5.74, 6) is 0.266. The average Bonchev–Trinajstić information content (AvgIpc) is 3.11. The first-order chi connectivity index (χ1) is 14.7. The van der Waals surface area contributed by atoms with E-state index in [9.17, 15) is 9.90 Å². The Bertz CT molecular complexity index is 874. The van der Waals surface area contributed by atoms with Crippen LogP contribution in [-0.4, -0.2) is 41.0 Å². The lowest BCUT2D eigenvalue weighted by Gasteiger charge is -2.30. The number of halogens is 1. The number of β-amino-alcohol motifs (C(OH)–C–C–N with tert-alkyl or cyclic N) is 1. The van der Waals surface area contributed by atoms with Gasteiger partial charge in [0, 0.05) is 18.5 Å². The molecule has 5 nitrogen and oxygen atoms in total. The zero-order valence-electron chi connectivity index (χ0n) is 18.2. The van der Waals surface area contributed by atoms with Crippen LogP contribution in [0.2, 0.25) is 5.02 Å². The van der Waals surface area contributed by atoms with Crippen LogP contribution in [0, 0.1) is 5.92 Å². The van der Waals surface area contributed by atoms with Crippen LogP contribution in [0.25, 0.3) is 0 Å². The predicted molar refractivity (Wildman–Crippen MR) is 123 cm³/mol. The predicted octanol–water partition coefficient (Wildman–Crippen LogP) is 4.27. The van der Waals surface area contributed by atoms with Crippen LogP contribution in [-0.2, 0) is 24.1 Å². The number of carboxylic acid groups (broad SMARTS) is 1. The minimum absolute atomic E-state index is 0.0592. The number of aliphatic hydroxyl groups excluding tert-OH is 1. The number of ether oxygens (including phenoxy) is 1. The number of carbonyl (C=O) groups is 1. The SMILES string of the molecule is CC(C)(CC1Cc2ccccc2C1)NCC(O)COc1ccc(CCC(=O)O)cc1Cl. The smallest absolute Gasteiger partial charge is 0.303 e. The van der Waals surface area contributed by atoms with Crippen LogP contribution in [0.15, 0.2) is 42.5 Å². The van der Waals surface area contributed by atoms with Gasteiger partial charge < -0.3 is 20.3 Å². The summed E-state index contributed by atoms with van der Waals surface area (Å²) in [4.78, 5) is 10.7. The summed E-state index contributed by atoms with van der Waals surface area (Å²) in [5, 5.41) is 23.1. The highest BCUT2D eigenvalue weighted by molar-refractivity contribution is 6.32. The fourth-order valence-electron chi connectivity index (χ4n) is 4.30. The highest BCUT2D eigenvalue weighted by atomic mass is 35.5. The third kappa shape index (κ3) is 7.23. The van der Waals surface area contributed by atoms with Gasteiger partial charge >= 0.3 is 5.97 Å². The zero-order chi connectivity index (χ0) is 22.4. The molecule has 168 valence electrons. The minimum Gasteiger partial charge on any atom is -0.489 e. The molecule has 6 heteroatoms. The lowest BCUT2D eigenvalue weighted by molar-refractivity contribution is -0.136. The molecule has 0 aromatic heterocycles. The molecule has 0 saturated heterocycles. The first-order valence-corrected chi connectivity index (χ1v) is 11.2. The van der Waals surface area contributed by atoms with E-state index in [0.29, 0.717) is 29.7 Å². The van der Waals surface area contributed by atoms with Gasteiger partial charge in [-0.15, -0.1) is 0 Å². The number of nitrogens with one attached hydrogen (secondary N) is 1. The van der Waals surface area contributed by atoms with Crippen molar-refractivity contribution in [1.29, 1.82) is 0 Å². The molecule has 31 heavy (non-hydrogen) atoms. The lowest BCUT2D eigenvalue weighted by Crippen LogP contribution is -2.46. The number of carboxylic acids is 1. The van der Waals surface area contributed by atoms with Gasteiger partial charge in [-0.1, -0.05) is 41.9 Å². The van der Waals surface area contributed by atoms with Crippen LogP contribution in [0.3, 0.4) is 0 Å². The van der Waals surface area contributed by atoms with E-state index in [2.05, 4.69) is 43.4 Å². The van der Waals surface area contributed by atoms with Crippen molar-refractivity contribution >= 4 is 17.6 Å². The summed E-state index contributed by atoms with van der Waals surface area (Å²) in [5.41, 5.74) is 3.68. The van der Waals surface area contributed by atoms with E-state index < -0.39 is 12.1 Å². The molecule has 0 fully saturated rings. The number of hydrogen-bond donors (Lipinski definition) is 3. The van der Waals surface area contributed by atoms with Crippen molar-refractivity contribution in [1.82, 2.24) is 5.32 Å². The second-order valence-electron chi connectivity index (χ2n) is 9.14. The number of aliphatic hydroxyl groups is 1. The normalized spacial score (nSPS) is 15.0. The molecule has 1 aliphatic carbocycles.